The summed E-state index contributed by atoms with van der Waals surface area (Å²) in [5, 5.41) is 11.8. The molecule has 2 N–H and O–H groups in total. The number of aryl methyl sites for hydroxylation is 1. The molecule has 1 amide bonds. The third kappa shape index (κ3) is 2.69. The number of carbonyl (C=O) groups is 2. The second-order valence-corrected chi connectivity index (χ2v) is 4.77. The van der Waals surface area contributed by atoms with Crippen molar-refractivity contribution in [2.45, 2.75) is 32.2 Å². The fourth-order valence-electron chi connectivity index (χ4n) is 2.08. The highest BCUT2D eigenvalue weighted by atomic mass is 16.4. The maximum Gasteiger partial charge on any atom is 0.311 e. The fourth-order valence-corrected chi connectivity index (χ4v) is 2.08. The Kier molecular flexibility index (Phi) is 3.64. The molecule has 1 fully saturated rings. The fraction of sp³-hybridized carbons (Fsp3) is 0.583. The lowest BCUT2D eigenvalue weighted by Gasteiger charge is -2.37. The van der Waals surface area contributed by atoms with Crippen LogP contribution < -0.4 is 5.32 Å². The van der Waals surface area contributed by atoms with Crippen LogP contribution in [0, 0.1) is 5.41 Å². The zero-order valence-electron chi connectivity index (χ0n) is 10.1. The van der Waals surface area contributed by atoms with Crippen molar-refractivity contribution < 1.29 is 14.7 Å². The molecule has 0 saturated heterocycles. The van der Waals surface area contributed by atoms with Gasteiger partial charge < -0.3 is 15.0 Å². The molecule has 6 heteroatoms. The smallest absolute Gasteiger partial charge is 0.311 e. The van der Waals surface area contributed by atoms with Crippen LogP contribution >= 0.6 is 0 Å². The Morgan fingerprint density at radius 2 is 2.22 bits per heavy atom. The number of aliphatic carboxylic acids is 1. The van der Waals surface area contributed by atoms with Gasteiger partial charge in [-0.05, 0) is 12.8 Å². The van der Waals surface area contributed by atoms with E-state index in [4.69, 9.17) is 5.11 Å². The van der Waals surface area contributed by atoms with Gasteiger partial charge >= 0.3 is 5.97 Å². The van der Waals surface area contributed by atoms with Crippen molar-refractivity contribution in [3.63, 3.8) is 0 Å². The van der Waals surface area contributed by atoms with Crippen LogP contribution in [0.5, 0.6) is 0 Å². The van der Waals surface area contributed by atoms with Crippen molar-refractivity contribution in [1.29, 1.82) is 0 Å². The topological polar surface area (TPSA) is 84.2 Å². The molecule has 0 spiro atoms. The zero-order valence-corrected chi connectivity index (χ0v) is 10.1. The van der Waals surface area contributed by atoms with Crippen LogP contribution in [0.25, 0.3) is 0 Å². The summed E-state index contributed by atoms with van der Waals surface area (Å²) in [6.07, 6.45) is 7.68. The highest BCUT2D eigenvalue weighted by molar-refractivity contribution is 5.79. The number of nitrogens with one attached hydrogen (secondary N) is 1. The summed E-state index contributed by atoms with van der Waals surface area (Å²) < 4.78 is 1.82. The number of amides is 1. The second kappa shape index (κ2) is 5.20. The molecule has 1 aromatic rings. The van der Waals surface area contributed by atoms with E-state index in [1.807, 2.05) is 4.57 Å². The van der Waals surface area contributed by atoms with E-state index in [9.17, 15) is 9.59 Å². The van der Waals surface area contributed by atoms with Crippen LogP contribution in [0.1, 0.15) is 25.7 Å². The predicted octanol–water partition coefficient (Wildman–Crippen LogP) is 0.644. The van der Waals surface area contributed by atoms with Crippen LogP contribution in [0.4, 0.5) is 0 Å². The molecule has 0 radical (unpaired) electrons. The quantitative estimate of drug-likeness (QED) is 0.777. The van der Waals surface area contributed by atoms with Gasteiger partial charge in [0.05, 0.1) is 11.7 Å². The van der Waals surface area contributed by atoms with Gasteiger partial charge in [0.25, 0.3) is 0 Å². The van der Waals surface area contributed by atoms with Crippen LogP contribution in [-0.2, 0) is 16.1 Å². The Balaban J connectivity index is 1.73. The van der Waals surface area contributed by atoms with Crippen LogP contribution in [-0.4, -0.2) is 33.1 Å². The number of carboxylic acids is 1. The lowest BCUT2D eigenvalue weighted by atomic mass is 9.69. The number of carbonyl (C=O) groups excluding carboxylic acids is 1. The number of imidazole rings is 1. The van der Waals surface area contributed by atoms with E-state index in [1.165, 1.54) is 0 Å². The first kappa shape index (κ1) is 12.6. The van der Waals surface area contributed by atoms with E-state index < -0.39 is 11.4 Å². The molecule has 0 atom stereocenters. The van der Waals surface area contributed by atoms with Crippen LogP contribution in [0.2, 0.25) is 0 Å². The van der Waals surface area contributed by atoms with Crippen molar-refractivity contribution in [3.05, 3.63) is 18.7 Å². The van der Waals surface area contributed by atoms with E-state index in [-0.39, 0.29) is 12.5 Å². The molecule has 1 saturated carbocycles. The van der Waals surface area contributed by atoms with Crippen molar-refractivity contribution >= 4 is 11.9 Å². The van der Waals surface area contributed by atoms with Gasteiger partial charge in [-0.15, -0.1) is 0 Å². The summed E-state index contributed by atoms with van der Waals surface area (Å²) in [4.78, 5) is 26.6. The molecule has 0 aromatic carbocycles. The molecule has 1 aromatic heterocycles. The summed E-state index contributed by atoms with van der Waals surface area (Å²) >= 11 is 0. The third-order valence-corrected chi connectivity index (χ3v) is 3.54. The van der Waals surface area contributed by atoms with Gasteiger partial charge in [0, 0.05) is 31.9 Å². The standard InChI is InChI=1S/C12H17N3O3/c16-10(2-6-15-7-5-13-9-15)14-8-12(11(17)18)3-1-4-12/h5,7,9H,1-4,6,8H2,(H,14,16)(H,17,18). The van der Waals surface area contributed by atoms with E-state index >= 15 is 0 Å². The summed E-state index contributed by atoms with van der Waals surface area (Å²) in [5.74, 6) is -0.917. The second-order valence-electron chi connectivity index (χ2n) is 4.77. The Labute approximate surface area is 105 Å². The molecule has 98 valence electrons. The summed E-state index contributed by atoms with van der Waals surface area (Å²) in [6.45, 7) is 0.803. The first-order valence-corrected chi connectivity index (χ1v) is 6.08. The van der Waals surface area contributed by atoms with Gasteiger partial charge in [-0.3, -0.25) is 9.59 Å². The van der Waals surface area contributed by atoms with Crippen molar-refractivity contribution in [2.24, 2.45) is 5.41 Å². The molecular weight excluding hydrogens is 234 g/mol. The van der Waals surface area contributed by atoms with Gasteiger partial charge in [0.15, 0.2) is 0 Å². The van der Waals surface area contributed by atoms with Gasteiger partial charge in [0.1, 0.15) is 0 Å². The van der Waals surface area contributed by atoms with Gasteiger partial charge in [-0.2, -0.15) is 0 Å². The summed E-state index contributed by atoms with van der Waals surface area (Å²) in [7, 11) is 0. The molecule has 0 bridgehead atoms. The number of nitrogens with zero attached hydrogens (tertiary/aromatic N) is 2. The van der Waals surface area contributed by atoms with E-state index in [0.717, 1.165) is 6.42 Å². The third-order valence-electron chi connectivity index (χ3n) is 3.54. The largest absolute Gasteiger partial charge is 0.481 e. The molecule has 6 nitrogen and oxygen atoms in total. The van der Waals surface area contributed by atoms with E-state index in [2.05, 4.69) is 10.3 Å². The molecule has 2 rings (SSSR count). The molecule has 0 unspecified atom stereocenters. The first-order valence-electron chi connectivity index (χ1n) is 6.08. The van der Waals surface area contributed by atoms with E-state index in [1.54, 1.807) is 18.7 Å². The zero-order chi connectivity index (χ0) is 13.0. The molecule has 1 aliphatic rings. The monoisotopic (exact) mass is 251 g/mol. The Morgan fingerprint density at radius 3 is 2.72 bits per heavy atom. The minimum absolute atomic E-state index is 0.115. The molecule has 0 aliphatic heterocycles. The number of hydrogen-bond acceptors (Lipinski definition) is 3. The van der Waals surface area contributed by atoms with Gasteiger partial charge in [-0.25, -0.2) is 4.98 Å². The van der Waals surface area contributed by atoms with Crippen molar-refractivity contribution in [3.8, 4) is 0 Å². The number of rotatable bonds is 6. The maximum absolute atomic E-state index is 11.6. The molecule has 1 heterocycles. The summed E-state index contributed by atoms with van der Waals surface area (Å²) in [5.41, 5.74) is -0.718. The highest BCUT2D eigenvalue weighted by Crippen LogP contribution is 2.40. The Morgan fingerprint density at radius 1 is 1.44 bits per heavy atom. The average molecular weight is 251 g/mol. The highest BCUT2D eigenvalue weighted by Gasteiger charge is 2.44. The van der Waals surface area contributed by atoms with E-state index in [0.29, 0.717) is 25.8 Å². The minimum atomic E-state index is -0.802. The van der Waals surface area contributed by atoms with Crippen molar-refractivity contribution in [2.75, 3.05) is 6.54 Å². The average Bonchev–Trinajstić information content (AvgIpc) is 2.77. The molecule has 1 aliphatic carbocycles. The first-order chi connectivity index (χ1) is 8.62. The number of aromatic nitrogens is 2. The number of hydrogen-bond donors (Lipinski definition) is 2. The summed E-state index contributed by atoms with van der Waals surface area (Å²) in [6, 6.07) is 0. The normalized spacial score (nSPS) is 16.9. The van der Waals surface area contributed by atoms with Gasteiger partial charge in [-0.1, -0.05) is 6.42 Å². The Hall–Kier alpha value is -1.85. The Bertz CT molecular complexity index is 424. The van der Waals surface area contributed by atoms with Crippen LogP contribution in [0.3, 0.4) is 0 Å². The molecular formula is C12H17N3O3. The lowest BCUT2D eigenvalue weighted by molar-refractivity contribution is -0.154. The van der Waals surface area contributed by atoms with Crippen LogP contribution in [0.15, 0.2) is 18.7 Å². The number of carboxylic acid groups (broad SMARTS) is 1. The molecule has 18 heavy (non-hydrogen) atoms. The predicted molar refractivity (Wildman–Crippen MR) is 63.8 cm³/mol. The minimum Gasteiger partial charge on any atom is -0.481 e. The maximum atomic E-state index is 11.6. The SMILES string of the molecule is O=C(CCn1ccnc1)NCC1(C(=O)O)CCC1. The lowest BCUT2D eigenvalue weighted by Crippen LogP contribution is -2.47. The van der Waals surface area contributed by atoms with Gasteiger partial charge in [0.2, 0.25) is 5.91 Å². The van der Waals surface area contributed by atoms with Crippen molar-refractivity contribution in [1.82, 2.24) is 14.9 Å².